The Balaban J connectivity index is 1.78. The summed E-state index contributed by atoms with van der Waals surface area (Å²) in [5.74, 6) is -0.469. The molecule has 2 saturated heterocycles. The van der Waals surface area contributed by atoms with Crippen molar-refractivity contribution in [3.8, 4) is 0 Å². The van der Waals surface area contributed by atoms with E-state index in [1.54, 1.807) is 17.0 Å². The molecule has 2 N–H and O–H groups in total. The van der Waals surface area contributed by atoms with Gasteiger partial charge in [0.2, 0.25) is 10.0 Å². The highest BCUT2D eigenvalue weighted by molar-refractivity contribution is 7.88. The van der Waals surface area contributed by atoms with Crippen LogP contribution in [0.4, 0.5) is 16.2 Å². The SMILES string of the molecule is COC(=O)c1ccc(N2CCCC2)c(NC(=O)N2CCC[C@@H](NS(C)(=O)=O)C2)c1. The van der Waals surface area contributed by atoms with Crippen molar-refractivity contribution in [3.63, 3.8) is 0 Å². The lowest BCUT2D eigenvalue weighted by Gasteiger charge is -2.33. The van der Waals surface area contributed by atoms with Crippen LogP contribution in [-0.4, -0.2) is 70.9 Å². The van der Waals surface area contributed by atoms with Gasteiger partial charge in [-0.15, -0.1) is 0 Å². The molecule has 10 heteroatoms. The van der Waals surface area contributed by atoms with Gasteiger partial charge in [-0.05, 0) is 43.9 Å². The van der Waals surface area contributed by atoms with Crippen molar-refractivity contribution in [2.75, 3.05) is 49.8 Å². The molecule has 1 atom stereocenters. The molecule has 2 heterocycles. The van der Waals surface area contributed by atoms with Crippen LogP contribution in [-0.2, 0) is 14.8 Å². The minimum absolute atomic E-state index is 0.300. The van der Waals surface area contributed by atoms with E-state index in [4.69, 9.17) is 4.74 Å². The van der Waals surface area contributed by atoms with Gasteiger partial charge in [-0.25, -0.2) is 22.7 Å². The highest BCUT2D eigenvalue weighted by Crippen LogP contribution is 2.31. The summed E-state index contributed by atoms with van der Waals surface area (Å²) >= 11 is 0. The monoisotopic (exact) mass is 424 g/mol. The summed E-state index contributed by atoms with van der Waals surface area (Å²) in [6.07, 6.45) is 4.68. The minimum Gasteiger partial charge on any atom is -0.465 e. The first kappa shape index (κ1) is 21.4. The molecule has 0 radical (unpaired) electrons. The standard InChI is InChI=1S/C19H28N4O5S/c1-28-18(24)14-7-8-17(22-9-3-4-10-22)16(12-14)20-19(25)23-11-5-6-15(13-23)21-29(2,26)27/h7-8,12,15,21H,3-6,9-11,13H2,1-2H3,(H,20,25)/t15-/m1/s1. The molecule has 29 heavy (non-hydrogen) atoms. The maximum absolute atomic E-state index is 12.9. The number of carbonyl (C=O) groups excluding carboxylic acids is 2. The summed E-state index contributed by atoms with van der Waals surface area (Å²) in [4.78, 5) is 28.6. The molecule has 3 rings (SSSR count). The van der Waals surface area contributed by atoms with Crippen LogP contribution in [0.5, 0.6) is 0 Å². The topological polar surface area (TPSA) is 108 Å². The number of hydrogen-bond donors (Lipinski definition) is 2. The van der Waals surface area contributed by atoms with Crippen molar-refractivity contribution in [3.05, 3.63) is 23.8 Å². The minimum atomic E-state index is -3.33. The summed E-state index contributed by atoms with van der Waals surface area (Å²) in [6, 6.07) is 4.55. The van der Waals surface area contributed by atoms with Crippen LogP contribution in [0, 0.1) is 0 Å². The number of nitrogens with zero attached hydrogens (tertiary/aromatic N) is 2. The number of anilines is 2. The van der Waals surface area contributed by atoms with E-state index in [0.717, 1.165) is 37.9 Å². The molecule has 2 fully saturated rings. The third kappa shape index (κ3) is 5.60. The highest BCUT2D eigenvalue weighted by Gasteiger charge is 2.27. The van der Waals surface area contributed by atoms with E-state index < -0.39 is 16.0 Å². The Morgan fingerprint density at radius 1 is 1.14 bits per heavy atom. The van der Waals surface area contributed by atoms with Crippen LogP contribution in [0.3, 0.4) is 0 Å². The molecule has 2 amide bonds. The molecule has 0 saturated carbocycles. The number of urea groups is 1. The number of esters is 1. The van der Waals surface area contributed by atoms with E-state index in [1.165, 1.54) is 7.11 Å². The Bertz CT molecular complexity index is 867. The molecule has 2 aliphatic heterocycles. The maximum atomic E-state index is 12.9. The summed E-state index contributed by atoms with van der Waals surface area (Å²) in [5.41, 5.74) is 1.78. The van der Waals surface area contributed by atoms with Crippen LogP contribution in [0.2, 0.25) is 0 Å². The number of amides is 2. The fourth-order valence-electron chi connectivity index (χ4n) is 3.87. The van der Waals surface area contributed by atoms with Crippen molar-refractivity contribution in [2.45, 2.75) is 31.7 Å². The first-order valence-corrected chi connectivity index (χ1v) is 11.7. The van der Waals surface area contributed by atoms with Crippen LogP contribution >= 0.6 is 0 Å². The molecule has 160 valence electrons. The lowest BCUT2D eigenvalue weighted by atomic mass is 10.1. The number of methoxy groups -OCH3 is 1. The second-order valence-corrected chi connectivity index (χ2v) is 9.30. The maximum Gasteiger partial charge on any atom is 0.337 e. The van der Waals surface area contributed by atoms with E-state index >= 15 is 0 Å². The third-order valence-electron chi connectivity index (χ3n) is 5.20. The van der Waals surface area contributed by atoms with Gasteiger partial charge < -0.3 is 19.9 Å². The van der Waals surface area contributed by atoms with Crippen LogP contribution in [0.15, 0.2) is 18.2 Å². The molecule has 9 nitrogen and oxygen atoms in total. The van der Waals surface area contributed by atoms with E-state index in [-0.39, 0.29) is 12.1 Å². The molecule has 0 spiro atoms. The van der Waals surface area contributed by atoms with Gasteiger partial charge in [0.15, 0.2) is 0 Å². The Labute approximate surface area is 171 Å². The van der Waals surface area contributed by atoms with Gasteiger partial charge in [0.25, 0.3) is 0 Å². The van der Waals surface area contributed by atoms with Gasteiger partial charge in [-0.3, -0.25) is 0 Å². The number of likely N-dealkylation sites (tertiary alicyclic amines) is 1. The molecule has 0 unspecified atom stereocenters. The summed E-state index contributed by atoms with van der Waals surface area (Å²) in [7, 11) is -2.02. The van der Waals surface area contributed by atoms with Crippen LogP contribution in [0.25, 0.3) is 0 Å². The molecule has 1 aromatic carbocycles. The molecular weight excluding hydrogens is 396 g/mol. The second kappa shape index (κ2) is 9.00. The molecule has 0 bridgehead atoms. The third-order valence-corrected chi connectivity index (χ3v) is 5.96. The van der Waals surface area contributed by atoms with Crippen molar-refractivity contribution in [1.29, 1.82) is 0 Å². The van der Waals surface area contributed by atoms with Crippen molar-refractivity contribution < 1.29 is 22.7 Å². The molecule has 1 aromatic rings. The van der Waals surface area contributed by atoms with Gasteiger partial charge in [0.05, 0.1) is 30.3 Å². The Morgan fingerprint density at radius 3 is 2.52 bits per heavy atom. The predicted octanol–water partition coefficient (Wildman–Crippen LogP) is 1.62. The molecule has 0 aromatic heterocycles. The zero-order chi connectivity index (χ0) is 21.0. The fourth-order valence-corrected chi connectivity index (χ4v) is 4.67. The van der Waals surface area contributed by atoms with Crippen molar-refractivity contribution in [2.24, 2.45) is 0 Å². The summed E-state index contributed by atoms with van der Waals surface area (Å²) in [5, 5.41) is 2.92. The number of ether oxygens (including phenoxy) is 1. The molecule has 2 aliphatic rings. The zero-order valence-electron chi connectivity index (χ0n) is 16.8. The molecular formula is C19H28N4O5S. The van der Waals surface area contributed by atoms with Crippen molar-refractivity contribution >= 4 is 33.4 Å². The second-order valence-electron chi connectivity index (χ2n) is 7.52. The van der Waals surface area contributed by atoms with Gasteiger partial charge in [0.1, 0.15) is 0 Å². The Hall–Kier alpha value is -2.33. The average Bonchev–Trinajstić information content (AvgIpc) is 3.20. The lowest BCUT2D eigenvalue weighted by molar-refractivity contribution is 0.0600. The smallest absolute Gasteiger partial charge is 0.337 e. The van der Waals surface area contributed by atoms with E-state index in [1.807, 2.05) is 6.07 Å². The fraction of sp³-hybridized carbons (Fsp3) is 0.579. The largest absolute Gasteiger partial charge is 0.465 e. The zero-order valence-corrected chi connectivity index (χ0v) is 17.6. The van der Waals surface area contributed by atoms with Crippen LogP contribution in [0.1, 0.15) is 36.0 Å². The van der Waals surface area contributed by atoms with Crippen LogP contribution < -0.4 is 14.9 Å². The number of benzene rings is 1. The Kier molecular flexibility index (Phi) is 6.63. The number of rotatable bonds is 5. The van der Waals surface area contributed by atoms with Gasteiger partial charge in [-0.1, -0.05) is 0 Å². The quantitative estimate of drug-likeness (QED) is 0.696. The van der Waals surface area contributed by atoms with E-state index in [0.29, 0.717) is 37.2 Å². The van der Waals surface area contributed by atoms with E-state index in [9.17, 15) is 18.0 Å². The van der Waals surface area contributed by atoms with Gasteiger partial charge >= 0.3 is 12.0 Å². The molecule has 0 aliphatic carbocycles. The number of piperidine rings is 1. The first-order valence-electron chi connectivity index (χ1n) is 9.77. The summed E-state index contributed by atoms with van der Waals surface area (Å²) in [6.45, 7) is 2.63. The van der Waals surface area contributed by atoms with E-state index in [2.05, 4.69) is 14.9 Å². The normalized spacial score (nSPS) is 19.9. The summed E-state index contributed by atoms with van der Waals surface area (Å²) < 4.78 is 30.4. The average molecular weight is 425 g/mol. The van der Waals surface area contributed by atoms with Gasteiger partial charge in [0, 0.05) is 32.2 Å². The van der Waals surface area contributed by atoms with Crippen molar-refractivity contribution in [1.82, 2.24) is 9.62 Å². The predicted molar refractivity (Wildman–Crippen MR) is 111 cm³/mol. The number of hydrogen-bond acceptors (Lipinski definition) is 6. The lowest BCUT2D eigenvalue weighted by Crippen LogP contribution is -2.50. The first-order chi connectivity index (χ1) is 13.8. The number of carbonyl (C=O) groups is 2. The van der Waals surface area contributed by atoms with Gasteiger partial charge in [-0.2, -0.15) is 0 Å². The number of nitrogens with one attached hydrogen (secondary N) is 2. The Morgan fingerprint density at radius 2 is 1.86 bits per heavy atom. The number of sulfonamides is 1. The highest BCUT2D eigenvalue weighted by atomic mass is 32.2.